The molecule has 0 spiro atoms. The van der Waals surface area contributed by atoms with Crippen molar-refractivity contribution in [1.29, 1.82) is 0 Å². The number of methoxy groups -OCH3 is 1. The number of ether oxygens (including phenoxy) is 2. The molecule has 6 heteroatoms. The Balaban J connectivity index is 1.88. The van der Waals surface area contributed by atoms with Gasteiger partial charge in [0.25, 0.3) is 11.8 Å². The molecule has 144 valence electrons. The summed E-state index contributed by atoms with van der Waals surface area (Å²) in [4.78, 5) is 24.3. The fourth-order valence-corrected chi connectivity index (χ4v) is 2.46. The van der Waals surface area contributed by atoms with E-state index in [1.165, 1.54) is 0 Å². The summed E-state index contributed by atoms with van der Waals surface area (Å²) in [5, 5.41) is 5.57. The summed E-state index contributed by atoms with van der Waals surface area (Å²) in [5.74, 6) is 0.219. The summed E-state index contributed by atoms with van der Waals surface area (Å²) in [5.41, 5.74) is 3.08. The van der Waals surface area contributed by atoms with E-state index in [-0.39, 0.29) is 18.4 Å². The number of anilines is 1. The minimum Gasteiger partial charge on any atom is -0.483 e. The van der Waals surface area contributed by atoms with E-state index in [2.05, 4.69) is 10.6 Å². The van der Waals surface area contributed by atoms with Crippen molar-refractivity contribution in [2.24, 2.45) is 0 Å². The molecule has 0 unspecified atom stereocenters. The molecule has 0 bridgehead atoms. The van der Waals surface area contributed by atoms with Gasteiger partial charge in [-0.25, -0.2) is 0 Å². The quantitative estimate of drug-likeness (QED) is 0.665. The second-order valence-electron chi connectivity index (χ2n) is 6.29. The summed E-state index contributed by atoms with van der Waals surface area (Å²) in [7, 11) is 1.62. The highest BCUT2D eigenvalue weighted by atomic mass is 16.5. The summed E-state index contributed by atoms with van der Waals surface area (Å²) in [6, 6.07) is 12.7. The number of benzene rings is 2. The van der Waals surface area contributed by atoms with Crippen LogP contribution in [0.4, 0.5) is 5.69 Å². The molecule has 2 N–H and O–H groups in total. The number of nitrogens with one attached hydrogen (secondary N) is 2. The van der Waals surface area contributed by atoms with E-state index in [4.69, 9.17) is 9.47 Å². The highest BCUT2D eigenvalue weighted by Gasteiger charge is 2.09. The molecule has 2 aromatic carbocycles. The molecule has 2 aromatic rings. The van der Waals surface area contributed by atoms with Crippen LogP contribution < -0.4 is 15.4 Å². The van der Waals surface area contributed by atoms with Crippen molar-refractivity contribution < 1.29 is 19.1 Å². The number of amides is 2. The highest BCUT2D eigenvalue weighted by molar-refractivity contribution is 5.97. The normalized spacial score (nSPS) is 10.3. The third-order valence-electron chi connectivity index (χ3n) is 3.92. The van der Waals surface area contributed by atoms with E-state index >= 15 is 0 Å². The lowest BCUT2D eigenvalue weighted by atomic mass is 10.1. The van der Waals surface area contributed by atoms with Crippen molar-refractivity contribution in [1.82, 2.24) is 5.32 Å². The Morgan fingerprint density at radius 3 is 2.67 bits per heavy atom. The molecule has 27 heavy (non-hydrogen) atoms. The van der Waals surface area contributed by atoms with E-state index < -0.39 is 0 Å². The van der Waals surface area contributed by atoms with Gasteiger partial charge in [0.1, 0.15) is 5.75 Å². The van der Waals surface area contributed by atoms with Crippen molar-refractivity contribution in [2.45, 2.75) is 20.3 Å². The molecule has 2 amide bonds. The van der Waals surface area contributed by atoms with Gasteiger partial charge in [0, 0.05) is 31.5 Å². The summed E-state index contributed by atoms with van der Waals surface area (Å²) < 4.78 is 10.6. The zero-order valence-electron chi connectivity index (χ0n) is 16.0. The van der Waals surface area contributed by atoms with E-state index in [0.717, 1.165) is 17.5 Å². The van der Waals surface area contributed by atoms with Gasteiger partial charge >= 0.3 is 0 Å². The van der Waals surface area contributed by atoms with E-state index in [0.29, 0.717) is 30.2 Å². The standard InChI is InChI=1S/C21H26N2O4/c1-15-8-9-16(2)19(12-15)27-14-20(24)23-18-7-4-6-17(13-18)21(25)22-10-5-11-26-3/h4,6-9,12-13H,5,10-11,14H2,1-3H3,(H,22,25)(H,23,24). The summed E-state index contributed by atoms with van der Waals surface area (Å²) in [6.45, 7) is 4.93. The first-order valence-corrected chi connectivity index (χ1v) is 8.86. The van der Waals surface area contributed by atoms with Crippen LogP contribution in [0.3, 0.4) is 0 Å². The van der Waals surface area contributed by atoms with E-state index in [1.54, 1.807) is 31.4 Å². The van der Waals surface area contributed by atoms with Crippen molar-refractivity contribution in [3.63, 3.8) is 0 Å². The van der Waals surface area contributed by atoms with Crippen LogP contribution in [0.5, 0.6) is 5.75 Å². The lowest BCUT2D eigenvalue weighted by Crippen LogP contribution is -2.25. The Bertz CT molecular complexity index is 790. The van der Waals surface area contributed by atoms with Crippen molar-refractivity contribution in [3.05, 3.63) is 59.2 Å². The zero-order valence-corrected chi connectivity index (χ0v) is 16.0. The molecule has 0 saturated carbocycles. The maximum absolute atomic E-state index is 12.2. The molecule has 0 saturated heterocycles. The molecule has 0 aliphatic rings. The smallest absolute Gasteiger partial charge is 0.262 e. The first kappa shape index (κ1) is 20.5. The fourth-order valence-electron chi connectivity index (χ4n) is 2.46. The molecular weight excluding hydrogens is 344 g/mol. The molecule has 0 heterocycles. The first-order valence-electron chi connectivity index (χ1n) is 8.86. The van der Waals surface area contributed by atoms with Crippen molar-refractivity contribution >= 4 is 17.5 Å². The average molecular weight is 370 g/mol. The predicted octanol–water partition coefficient (Wildman–Crippen LogP) is 3.09. The Morgan fingerprint density at radius 2 is 1.89 bits per heavy atom. The van der Waals surface area contributed by atoms with Crippen LogP contribution in [0.25, 0.3) is 0 Å². The van der Waals surface area contributed by atoms with E-state index in [1.807, 2.05) is 32.0 Å². The zero-order chi connectivity index (χ0) is 19.6. The monoisotopic (exact) mass is 370 g/mol. The Labute approximate surface area is 159 Å². The van der Waals surface area contributed by atoms with Crippen LogP contribution >= 0.6 is 0 Å². The Hall–Kier alpha value is -2.86. The van der Waals surface area contributed by atoms with Gasteiger partial charge in [-0.2, -0.15) is 0 Å². The topological polar surface area (TPSA) is 76.7 Å². The van der Waals surface area contributed by atoms with Gasteiger partial charge in [0.15, 0.2) is 6.61 Å². The van der Waals surface area contributed by atoms with Crippen LogP contribution in [-0.2, 0) is 9.53 Å². The highest BCUT2D eigenvalue weighted by Crippen LogP contribution is 2.19. The van der Waals surface area contributed by atoms with Gasteiger partial charge in [-0.3, -0.25) is 9.59 Å². The number of hydrogen-bond donors (Lipinski definition) is 2. The summed E-state index contributed by atoms with van der Waals surface area (Å²) in [6.07, 6.45) is 0.744. The Kier molecular flexibility index (Phi) is 7.82. The second kappa shape index (κ2) is 10.3. The largest absolute Gasteiger partial charge is 0.483 e. The first-order chi connectivity index (χ1) is 13.0. The van der Waals surface area contributed by atoms with Gasteiger partial charge in [-0.1, -0.05) is 18.2 Å². The lowest BCUT2D eigenvalue weighted by molar-refractivity contribution is -0.118. The van der Waals surface area contributed by atoms with Gasteiger partial charge in [0.2, 0.25) is 0 Å². The van der Waals surface area contributed by atoms with E-state index in [9.17, 15) is 9.59 Å². The van der Waals surface area contributed by atoms with Crippen molar-refractivity contribution in [2.75, 3.05) is 32.2 Å². The molecule has 0 atom stereocenters. The predicted molar refractivity (Wildman–Crippen MR) is 105 cm³/mol. The van der Waals surface area contributed by atoms with Crippen LogP contribution in [0.1, 0.15) is 27.9 Å². The lowest BCUT2D eigenvalue weighted by Gasteiger charge is -2.11. The van der Waals surface area contributed by atoms with Crippen LogP contribution in [0.15, 0.2) is 42.5 Å². The third kappa shape index (κ3) is 6.75. The Morgan fingerprint density at radius 1 is 1.07 bits per heavy atom. The molecule has 0 radical (unpaired) electrons. The molecule has 0 aliphatic carbocycles. The second-order valence-corrected chi connectivity index (χ2v) is 6.29. The number of hydrogen-bond acceptors (Lipinski definition) is 4. The SMILES string of the molecule is COCCCNC(=O)c1cccc(NC(=O)COc2cc(C)ccc2C)c1. The van der Waals surface area contributed by atoms with Gasteiger partial charge in [-0.05, 0) is 55.7 Å². The molecule has 0 aliphatic heterocycles. The minimum absolute atomic E-state index is 0.0995. The molecule has 0 fully saturated rings. The number of carbonyl (C=O) groups is 2. The van der Waals surface area contributed by atoms with Crippen LogP contribution in [0.2, 0.25) is 0 Å². The number of aryl methyl sites for hydroxylation is 2. The van der Waals surface area contributed by atoms with Gasteiger partial charge in [0.05, 0.1) is 0 Å². The molecule has 2 rings (SSSR count). The molecule has 0 aromatic heterocycles. The number of rotatable bonds is 9. The number of carbonyl (C=O) groups excluding carboxylic acids is 2. The molecule has 6 nitrogen and oxygen atoms in total. The van der Waals surface area contributed by atoms with Crippen LogP contribution in [0, 0.1) is 13.8 Å². The van der Waals surface area contributed by atoms with Gasteiger partial charge in [-0.15, -0.1) is 0 Å². The van der Waals surface area contributed by atoms with Crippen LogP contribution in [-0.4, -0.2) is 38.7 Å². The fraction of sp³-hybridized carbons (Fsp3) is 0.333. The van der Waals surface area contributed by atoms with Crippen molar-refractivity contribution in [3.8, 4) is 5.75 Å². The summed E-state index contributed by atoms with van der Waals surface area (Å²) >= 11 is 0. The minimum atomic E-state index is -0.284. The maximum Gasteiger partial charge on any atom is 0.262 e. The maximum atomic E-state index is 12.2. The third-order valence-corrected chi connectivity index (χ3v) is 3.92. The van der Waals surface area contributed by atoms with Gasteiger partial charge < -0.3 is 20.1 Å². The average Bonchev–Trinajstić information content (AvgIpc) is 2.66. The molecular formula is C21H26N2O4.